The van der Waals surface area contributed by atoms with Crippen molar-refractivity contribution in [1.29, 1.82) is 0 Å². The topological polar surface area (TPSA) is 46.2 Å². The summed E-state index contributed by atoms with van der Waals surface area (Å²) in [5.41, 5.74) is 9.05. The Hall–Kier alpha value is -0.860. The molecule has 0 aliphatic heterocycles. The van der Waals surface area contributed by atoms with Crippen molar-refractivity contribution in [2.45, 2.75) is 58.9 Å². The first kappa shape index (κ1) is 17.2. The molecule has 114 valence electrons. The van der Waals surface area contributed by atoms with Gasteiger partial charge in [-0.2, -0.15) is 0 Å². The maximum atomic E-state index is 9.27. The Morgan fingerprint density at radius 3 is 2.30 bits per heavy atom. The van der Waals surface area contributed by atoms with Crippen LogP contribution in [0.2, 0.25) is 0 Å². The lowest BCUT2D eigenvalue weighted by Crippen LogP contribution is -2.45. The Morgan fingerprint density at radius 1 is 1.35 bits per heavy atom. The predicted octanol–water partition coefficient (Wildman–Crippen LogP) is 3.97. The van der Waals surface area contributed by atoms with Crippen molar-refractivity contribution in [2.75, 3.05) is 6.61 Å². The smallest absolute Gasteiger partial charge is 0.0459 e. The van der Waals surface area contributed by atoms with Crippen LogP contribution in [-0.2, 0) is 0 Å². The molecular weight excluding hydrogens is 246 g/mol. The van der Waals surface area contributed by atoms with Gasteiger partial charge >= 0.3 is 0 Å². The van der Waals surface area contributed by atoms with E-state index >= 15 is 0 Å². The van der Waals surface area contributed by atoms with Gasteiger partial charge in [0.15, 0.2) is 0 Å². The molecule has 3 N–H and O–H groups in total. The minimum Gasteiger partial charge on any atom is -0.396 e. The summed E-state index contributed by atoms with van der Waals surface area (Å²) < 4.78 is 0. The van der Waals surface area contributed by atoms with Gasteiger partial charge in [0.25, 0.3) is 0 Å². The maximum absolute atomic E-state index is 9.27. The molecule has 0 spiro atoms. The number of hydrogen-bond donors (Lipinski definition) is 2. The number of rotatable bonds is 4. The Morgan fingerprint density at radius 2 is 1.90 bits per heavy atom. The highest BCUT2D eigenvalue weighted by Gasteiger charge is 2.34. The number of nitrogens with two attached hydrogens (primary N) is 1. The summed E-state index contributed by atoms with van der Waals surface area (Å²) in [6.45, 7) is 12.9. The van der Waals surface area contributed by atoms with E-state index in [2.05, 4.69) is 46.4 Å². The lowest BCUT2D eigenvalue weighted by Gasteiger charge is -2.38. The van der Waals surface area contributed by atoms with E-state index in [-0.39, 0.29) is 17.6 Å². The standard InChI is InChI=1S/C18H31NO/c1-6-7-16(12-14(2)17(3,4)5)18(19)10-8-15(13-20)9-11-18/h6-7,12,15,20H,1,8-11,13,19H2,2-5H3/b14-12+,16-7+. The third kappa shape index (κ3) is 4.32. The van der Waals surface area contributed by atoms with Gasteiger partial charge in [-0.05, 0) is 49.5 Å². The summed E-state index contributed by atoms with van der Waals surface area (Å²) in [7, 11) is 0. The van der Waals surface area contributed by atoms with Crippen LogP contribution in [0.4, 0.5) is 0 Å². The fourth-order valence-corrected chi connectivity index (χ4v) is 2.60. The minimum absolute atomic E-state index is 0.152. The second-order valence-corrected chi connectivity index (χ2v) is 7.22. The Kier molecular flexibility index (Phi) is 5.79. The molecule has 0 radical (unpaired) electrons. The van der Waals surface area contributed by atoms with Crippen LogP contribution in [0.1, 0.15) is 53.4 Å². The summed E-state index contributed by atoms with van der Waals surface area (Å²) in [4.78, 5) is 0. The number of aliphatic hydroxyl groups is 1. The second-order valence-electron chi connectivity index (χ2n) is 7.22. The summed E-state index contributed by atoms with van der Waals surface area (Å²) in [5, 5.41) is 9.27. The van der Waals surface area contributed by atoms with Gasteiger partial charge in [-0.1, -0.05) is 51.2 Å². The third-order valence-electron chi connectivity index (χ3n) is 4.68. The fraction of sp³-hybridized carbons (Fsp3) is 0.667. The normalized spacial score (nSPS) is 29.4. The predicted molar refractivity (Wildman–Crippen MR) is 87.5 cm³/mol. The first-order valence-corrected chi connectivity index (χ1v) is 7.64. The third-order valence-corrected chi connectivity index (χ3v) is 4.68. The van der Waals surface area contributed by atoms with Gasteiger partial charge in [0.2, 0.25) is 0 Å². The molecular formula is C18H31NO. The zero-order chi connectivity index (χ0) is 15.4. The van der Waals surface area contributed by atoms with Gasteiger partial charge in [0, 0.05) is 12.1 Å². The second kappa shape index (κ2) is 6.73. The van der Waals surface area contributed by atoms with Gasteiger partial charge in [-0.3, -0.25) is 0 Å². The van der Waals surface area contributed by atoms with Crippen LogP contribution in [0.15, 0.2) is 36.0 Å². The molecule has 0 atom stereocenters. The zero-order valence-electron chi connectivity index (χ0n) is 13.6. The van der Waals surface area contributed by atoms with Gasteiger partial charge in [0.05, 0.1) is 0 Å². The number of allylic oxidation sites excluding steroid dienone is 3. The SMILES string of the molecule is C=C/C=C(\C=C(/C)C(C)(C)C)C1(N)CCC(CO)CC1. The molecule has 1 rings (SSSR count). The lowest BCUT2D eigenvalue weighted by atomic mass is 9.72. The first-order chi connectivity index (χ1) is 9.23. The van der Waals surface area contributed by atoms with Gasteiger partial charge in [0.1, 0.15) is 0 Å². The van der Waals surface area contributed by atoms with Crippen LogP contribution >= 0.6 is 0 Å². The molecule has 0 bridgehead atoms. The van der Waals surface area contributed by atoms with Crippen molar-refractivity contribution in [3.05, 3.63) is 36.0 Å². The van der Waals surface area contributed by atoms with Crippen LogP contribution in [0.3, 0.4) is 0 Å². The lowest BCUT2D eigenvalue weighted by molar-refractivity contribution is 0.165. The van der Waals surface area contributed by atoms with E-state index in [1.54, 1.807) is 0 Å². The Balaban J connectivity index is 2.98. The van der Waals surface area contributed by atoms with E-state index in [0.717, 1.165) is 25.7 Å². The van der Waals surface area contributed by atoms with Gasteiger partial charge < -0.3 is 10.8 Å². The Labute approximate surface area is 124 Å². The molecule has 1 aliphatic rings. The molecule has 20 heavy (non-hydrogen) atoms. The summed E-state index contributed by atoms with van der Waals surface area (Å²) in [6.07, 6.45) is 10.00. The molecule has 0 unspecified atom stereocenters. The van der Waals surface area contributed by atoms with Crippen LogP contribution < -0.4 is 5.73 Å². The minimum atomic E-state index is -0.271. The van der Waals surface area contributed by atoms with Crippen molar-refractivity contribution in [3.63, 3.8) is 0 Å². The Bertz CT molecular complexity index is 390. The molecule has 1 aliphatic carbocycles. The molecule has 2 nitrogen and oxygen atoms in total. The van der Waals surface area contributed by atoms with E-state index in [4.69, 9.17) is 5.73 Å². The highest BCUT2D eigenvalue weighted by atomic mass is 16.3. The molecule has 1 saturated carbocycles. The van der Waals surface area contributed by atoms with Crippen molar-refractivity contribution >= 4 is 0 Å². The molecule has 0 amide bonds. The van der Waals surface area contributed by atoms with E-state index in [1.165, 1.54) is 11.1 Å². The molecule has 0 heterocycles. The fourth-order valence-electron chi connectivity index (χ4n) is 2.60. The van der Waals surface area contributed by atoms with Crippen LogP contribution in [0, 0.1) is 11.3 Å². The molecule has 0 aromatic heterocycles. The molecule has 0 aromatic rings. The van der Waals surface area contributed by atoms with E-state index in [1.807, 2.05) is 6.08 Å². The summed E-state index contributed by atoms with van der Waals surface area (Å²) in [6, 6.07) is 0. The molecule has 1 fully saturated rings. The van der Waals surface area contributed by atoms with Crippen molar-refractivity contribution in [1.82, 2.24) is 0 Å². The van der Waals surface area contributed by atoms with Crippen LogP contribution in [0.25, 0.3) is 0 Å². The number of aliphatic hydroxyl groups excluding tert-OH is 1. The van der Waals surface area contributed by atoms with E-state index in [0.29, 0.717) is 5.92 Å². The van der Waals surface area contributed by atoms with Crippen molar-refractivity contribution < 1.29 is 5.11 Å². The molecule has 0 saturated heterocycles. The van der Waals surface area contributed by atoms with Crippen molar-refractivity contribution in [3.8, 4) is 0 Å². The average Bonchev–Trinajstić information content (AvgIpc) is 2.38. The van der Waals surface area contributed by atoms with Crippen LogP contribution in [0.5, 0.6) is 0 Å². The monoisotopic (exact) mass is 277 g/mol. The highest BCUT2D eigenvalue weighted by molar-refractivity contribution is 5.37. The zero-order valence-corrected chi connectivity index (χ0v) is 13.6. The molecule has 2 heteroatoms. The average molecular weight is 277 g/mol. The first-order valence-electron chi connectivity index (χ1n) is 7.64. The largest absolute Gasteiger partial charge is 0.396 e. The van der Waals surface area contributed by atoms with Gasteiger partial charge in [-0.25, -0.2) is 0 Å². The van der Waals surface area contributed by atoms with E-state index < -0.39 is 0 Å². The number of hydrogen-bond acceptors (Lipinski definition) is 2. The molecule has 0 aromatic carbocycles. The maximum Gasteiger partial charge on any atom is 0.0459 e. The van der Waals surface area contributed by atoms with Gasteiger partial charge in [-0.15, -0.1) is 0 Å². The highest BCUT2D eigenvalue weighted by Crippen LogP contribution is 2.37. The summed E-state index contributed by atoms with van der Waals surface area (Å²) >= 11 is 0. The van der Waals surface area contributed by atoms with Crippen LogP contribution in [-0.4, -0.2) is 17.3 Å². The van der Waals surface area contributed by atoms with Crippen molar-refractivity contribution in [2.24, 2.45) is 17.1 Å². The van der Waals surface area contributed by atoms with E-state index in [9.17, 15) is 5.11 Å². The quantitative estimate of drug-likeness (QED) is 0.764. The summed E-state index contributed by atoms with van der Waals surface area (Å²) in [5.74, 6) is 0.421.